The number of anilines is 1. The molecular formula is C26H32N4O. The molecule has 1 aliphatic heterocycles. The number of carbonyl (C=O) groups excluding carboxylic acids is 1. The van der Waals surface area contributed by atoms with Crippen LogP contribution in [0, 0.1) is 26.7 Å². The molecule has 2 amide bonds. The van der Waals surface area contributed by atoms with Crippen LogP contribution in [0.5, 0.6) is 0 Å². The molecule has 1 saturated heterocycles. The van der Waals surface area contributed by atoms with E-state index < -0.39 is 0 Å². The van der Waals surface area contributed by atoms with E-state index in [0.717, 1.165) is 50.4 Å². The van der Waals surface area contributed by atoms with Crippen molar-refractivity contribution in [2.45, 2.75) is 46.6 Å². The van der Waals surface area contributed by atoms with Gasteiger partial charge in [-0.1, -0.05) is 36.4 Å². The van der Waals surface area contributed by atoms with Gasteiger partial charge in [-0.05, 0) is 68.4 Å². The summed E-state index contributed by atoms with van der Waals surface area (Å²) in [5, 5.41) is 3.08. The highest BCUT2D eigenvalue weighted by atomic mass is 16.2. The molecule has 4 rings (SSSR count). The predicted octanol–water partition coefficient (Wildman–Crippen LogP) is 5.34. The maximum atomic E-state index is 12.9. The lowest BCUT2D eigenvalue weighted by atomic mass is 9.94. The number of carbonyl (C=O) groups is 1. The fraction of sp³-hybridized carbons (Fsp3) is 0.385. The number of hydrogen-bond donors (Lipinski definition) is 1. The van der Waals surface area contributed by atoms with Crippen LogP contribution in [0.1, 0.15) is 41.1 Å². The van der Waals surface area contributed by atoms with Crippen molar-refractivity contribution >= 4 is 11.7 Å². The number of likely N-dealkylation sites (tertiary alicyclic amines) is 1. The molecule has 1 fully saturated rings. The Labute approximate surface area is 185 Å². The number of amides is 2. The summed E-state index contributed by atoms with van der Waals surface area (Å²) in [6.07, 6.45) is 5.02. The average molecular weight is 417 g/mol. The Morgan fingerprint density at radius 2 is 1.90 bits per heavy atom. The van der Waals surface area contributed by atoms with Crippen molar-refractivity contribution in [2.75, 3.05) is 18.4 Å². The number of aromatic nitrogens is 2. The van der Waals surface area contributed by atoms with Gasteiger partial charge in [-0.2, -0.15) is 0 Å². The smallest absolute Gasteiger partial charge is 0.321 e. The van der Waals surface area contributed by atoms with Crippen molar-refractivity contribution in [1.29, 1.82) is 0 Å². The number of benzene rings is 2. The van der Waals surface area contributed by atoms with Crippen molar-refractivity contribution < 1.29 is 4.79 Å². The van der Waals surface area contributed by atoms with E-state index in [0.29, 0.717) is 5.92 Å². The summed E-state index contributed by atoms with van der Waals surface area (Å²) < 4.78 is 2.31. The lowest BCUT2D eigenvalue weighted by molar-refractivity contribution is 0.176. The molecule has 1 atom stereocenters. The van der Waals surface area contributed by atoms with Crippen molar-refractivity contribution in [3.8, 4) is 0 Å². The Hall–Kier alpha value is -3.08. The topological polar surface area (TPSA) is 50.2 Å². The van der Waals surface area contributed by atoms with Crippen LogP contribution in [0.15, 0.2) is 54.7 Å². The minimum absolute atomic E-state index is 0.00300. The highest BCUT2D eigenvalue weighted by Gasteiger charge is 2.25. The van der Waals surface area contributed by atoms with Gasteiger partial charge in [-0.15, -0.1) is 0 Å². The van der Waals surface area contributed by atoms with Crippen LogP contribution >= 0.6 is 0 Å². The first-order valence-electron chi connectivity index (χ1n) is 11.2. The summed E-state index contributed by atoms with van der Waals surface area (Å²) in [6.45, 7) is 8.69. The Morgan fingerprint density at radius 1 is 1.10 bits per heavy atom. The highest BCUT2D eigenvalue weighted by Crippen LogP contribution is 2.23. The zero-order valence-electron chi connectivity index (χ0n) is 18.8. The van der Waals surface area contributed by atoms with Gasteiger partial charge in [0.15, 0.2) is 0 Å². The van der Waals surface area contributed by atoms with Crippen LogP contribution in [0.25, 0.3) is 0 Å². The predicted molar refractivity (Wildman–Crippen MR) is 125 cm³/mol. The van der Waals surface area contributed by atoms with Crippen LogP contribution in [-0.4, -0.2) is 33.6 Å². The summed E-state index contributed by atoms with van der Waals surface area (Å²) in [5.41, 5.74) is 5.75. The number of nitrogens with zero attached hydrogens (tertiary/aromatic N) is 3. The third-order valence-electron chi connectivity index (χ3n) is 6.36. The highest BCUT2D eigenvalue weighted by molar-refractivity contribution is 5.89. The molecule has 0 radical (unpaired) electrons. The fourth-order valence-corrected chi connectivity index (χ4v) is 4.35. The second kappa shape index (κ2) is 9.38. The number of imidazole rings is 1. The summed E-state index contributed by atoms with van der Waals surface area (Å²) >= 11 is 0. The Kier molecular flexibility index (Phi) is 6.40. The average Bonchev–Trinajstić information content (AvgIpc) is 3.11. The molecule has 5 heteroatoms. The first-order valence-corrected chi connectivity index (χ1v) is 11.2. The van der Waals surface area contributed by atoms with Gasteiger partial charge in [0, 0.05) is 43.6 Å². The van der Waals surface area contributed by atoms with Gasteiger partial charge in [-0.25, -0.2) is 9.78 Å². The Bertz CT molecular complexity index is 1040. The fourth-order valence-electron chi connectivity index (χ4n) is 4.35. The number of piperidine rings is 1. The minimum atomic E-state index is -0.00300. The SMILES string of the molecule is Cc1ccc(NC(=O)N2CCCC(Cc3ncc(C)n3Cc3ccccc3)C2)cc1C. The maximum Gasteiger partial charge on any atom is 0.321 e. The van der Waals surface area contributed by atoms with Crippen LogP contribution < -0.4 is 5.32 Å². The van der Waals surface area contributed by atoms with Gasteiger partial charge < -0.3 is 14.8 Å². The summed E-state index contributed by atoms with van der Waals surface area (Å²) in [6, 6.07) is 16.6. The molecule has 1 N–H and O–H groups in total. The van der Waals surface area contributed by atoms with Crippen LogP contribution in [0.3, 0.4) is 0 Å². The standard InChI is InChI=1S/C26H32N4O/c1-19-11-12-24(14-20(19)2)28-26(31)29-13-7-10-23(17-29)15-25-27-16-21(3)30(25)18-22-8-5-4-6-9-22/h4-6,8-9,11-12,14,16,23H,7,10,13,15,17-18H2,1-3H3,(H,28,31). The Morgan fingerprint density at radius 3 is 2.68 bits per heavy atom. The van der Waals surface area contributed by atoms with Crippen molar-refractivity contribution in [2.24, 2.45) is 5.92 Å². The molecule has 1 aromatic heterocycles. The van der Waals surface area contributed by atoms with Gasteiger partial charge in [0.25, 0.3) is 0 Å². The zero-order chi connectivity index (χ0) is 21.8. The first-order chi connectivity index (χ1) is 15.0. The van der Waals surface area contributed by atoms with Gasteiger partial charge in [0.2, 0.25) is 0 Å². The molecule has 0 spiro atoms. The minimum Gasteiger partial charge on any atom is -0.328 e. The van der Waals surface area contributed by atoms with Crippen LogP contribution in [-0.2, 0) is 13.0 Å². The third kappa shape index (κ3) is 5.16. The van der Waals surface area contributed by atoms with Crippen molar-refractivity contribution in [3.05, 3.63) is 82.9 Å². The van der Waals surface area contributed by atoms with Gasteiger partial charge in [0.1, 0.15) is 5.82 Å². The molecule has 2 aromatic carbocycles. The van der Waals surface area contributed by atoms with Gasteiger partial charge in [0.05, 0.1) is 0 Å². The van der Waals surface area contributed by atoms with E-state index >= 15 is 0 Å². The molecule has 0 aliphatic carbocycles. The van der Waals surface area contributed by atoms with Gasteiger partial charge >= 0.3 is 6.03 Å². The second-order valence-corrected chi connectivity index (χ2v) is 8.78. The lowest BCUT2D eigenvalue weighted by Crippen LogP contribution is -2.43. The number of urea groups is 1. The normalized spacial score (nSPS) is 16.4. The van der Waals surface area contributed by atoms with Crippen LogP contribution in [0.4, 0.5) is 10.5 Å². The molecule has 31 heavy (non-hydrogen) atoms. The van der Waals surface area contributed by atoms with Crippen molar-refractivity contribution in [1.82, 2.24) is 14.5 Å². The largest absolute Gasteiger partial charge is 0.328 e. The first kappa shape index (κ1) is 21.2. The molecule has 1 unspecified atom stereocenters. The summed E-state index contributed by atoms with van der Waals surface area (Å²) in [7, 11) is 0. The van der Waals surface area contributed by atoms with Crippen molar-refractivity contribution in [3.63, 3.8) is 0 Å². The zero-order valence-corrected chi connectivity index (χ0v) is 18.8. The quantitative estimate of drug-likeness (QED) is 0.610. The van der Waals surface area contributed by atoms with E-state index in [2.05, 4.69) is 61.0 Å². The lowest BCUT2D eigenvalue weighted by Gasteiger charge is -2.33. The molecule has 1 aliphatic rings. The third-order valence-corrected chi connectivity index (χ3v) is 6.36. The maximum absolute atomic E-state index is 12.9. The van der Waals surface area contributed by atoms with E-state index in [4.69, 9.17) is 4.98 Å². The molecule has 162 valence electrons. The monoisotopic (exact) mass is 416 g/mol. The van der Waals surface area contributed by atoms with Gasteiger partial charge in [-0.3, -0.25) is 0 Å². The molecular weight excluding hydrogens is 384 g/mol. The number of nitrogens with one attached hydrogen (secondary N) is 1. The summed E-state index contributed by atoms with van der Waals surface area (Å²) in [5.74, 6) is 1.54. The number of aryl methyl sites for hydroxylation is 3. The molecule has 0 bridgehead atoms. The van der Waals surface area contributed by atoms with E-state index in [1.807, 2.05) is 29.3 Å². The molecule has 3 aromatic rings. The Balaban J connectivity index is 1.40. The number of hydrogen-bond acceptors (Lipinski definition) is 2. The second-order valence-electron chi connectivity index (χ2n) is 8.78. The van der Waals surface area contributed by atoms with Crippen LogP contribution in [0.2, 0.25) is 0 Å². The van der Waals surface area contributed by atoms with E-state index in [1.54, 1.807) is 0 Å². The number of rotatable bonds is 5. The molecule has 2 heterocycles. The molecule has 0 saturated carbocycles. The summed E-state index contributed by atoms with van der Waals surface area (Å²) in [4.78, 5) is 19.5. The van der Waals surface area contributed by atoms with E-state index in [-0.39, 0.29) is 6.03 Å². The molecule has 5 nitrogen and oxygen atoms in total. The van der Waals surface area contributed by atoms with E-state index in [9.17, 15) is 4.79 Å². The van der Waals surface area contributed by atoms with E-state index in [1.165, 1.54) is 22.4 Å².